The third-order valence-corrected chi connectivity index (χ3v) is 6.07. The van der Waals surface area contributed by atoms with Crippen LogP contribution in [0.4, 0.5) is 0 Å². The first-order valence-corrected chi connectivity index (χ1v) is 9.05. The van der Waals surface area contributed by atoms with E-state index in [1.807, 2.05) is 54.1 Å². The van der Waals surface area contributed by atoms with E-state index in [9.17, 15) is 9.90 Å². The van der Waals surface area contributed by atoms with Gasteiger partial charge in [0.25, 0.3) is 0 Å². The van der Waals surface area contributed by atoms with E-state index >= 15 is 0 Å². The molecule has 1 N–H and O–H groups in total. The zero-order valence-electron chi connectivity index (χ0n) is 15.2. The molecule has 0 bridgehead atoms. The maximum atomic E-state index is 13.3. The quantitative estimate of drug-likeness (QED) is 0.531. The number of fused-ring (bicyclic) bond motifs is 5. The molecular weight excluding hydrogens is 344 g/mol. The maximum absolute atomic E-state index is 13.3. The molecule has 1 aromatic carbocycles. The van der Waals surface area contributed by atoms with Crippen LogP contribution < -0.4 is 0 Å². The molecule has 0 radical (unpaired) electrons. The zero-order valence-corrected chi connectivity index (χ0v) is 15.2. The van der Waals surface area contributed by atoms with Gasteiger partial charge in [0, 0.05) is 29.3 Å². The lowest BCUT2D eigenvalue weighted by Gasteiger charge is -2.49. The first-order valence-electron chi connectivity index (χ1n) is 9.05. The molecule has 138 valence electrons. The third-order valence-electron chi connectivity index (χ3n) is 6.07. The fourth-order valence-electron chi connectivity index (χ4n) is 4.90. The van der Waals surface area contributed by atoms with E-state index in [1.165, 1.54) is 7.11 Å². The van der Waals surface area contributed by atoms with E-state index < -0.39 is 17.8 Å². The van der Waals surface area contributed by atoms with Crippen molar-refractivity contribution in [2.24, 2.45) is 5.92 Å². The smallest absolute Gasteiger partial charge is 0.338 e. The number of carbonyl (C=O) groups is 1. The lowest BCUT2D eigenvalue weighted by molar-refractivity contribution is -0.214. The van der Waals surface area contributed by atoms with Gasteiger partial charge in [-0.25, -0.2) is 4.79 Å². The summed E-state index contributed by atoms with van der Waals surface area (Å²) in [6, 6.07) is 9.84. The molecule has 3 atom stereocenters. The van der Waals surface area contributed by atoms with Gasteiger partial charge in [-0.2, -0.15) is 0 Å². The number of ether oxygens (including phenoxy) is 2. The largest absolute Gasteiger partial charge is 0.467 e. The van der Waals surface area contributed by atoms with Gasteiger partial charge in [0.2, 0.25) is 5.54 Å². The number of methoxy groups -OCH3 is 1. The molecule has 0 saturated carbocycles. The number of allylic oxidation sites excluding steroid dienone is 1. The van der Waals surface area contributed by atoms with Crippen LogP contribution in [0, 0.1) is 5.92 Å². The van der Waals surface area contributed by atoms with Crippen LogP contribution in [0.3, 0.4) is 0 Å². The fraction of sp³-hybridized carbons (Fsp3) is 0.333. The van der Waals surface area contributed by atoms with Gasteiger partial charge in [-0.05, 0) is 24.6 Å². The molecule has 5 rings (SSSR count). The summed E-state index contributed by atoms with van der Waals surface area (Å²) in [7, 11) is 1.35. The van der Waals surface area contributed by atoms with Crippen LogP contribution in [-0.2, 0) is 26.2 Å². The second kappa shape index (κ2) is 5.65. The van der Waals surface area contributed by atoms with Crippen LogP contribution >= 0.6 is 0 Å². The minimum atomic E-state index is -1.38. The van der Waals surface area contributed by atoms with E-state index in [-0.39, 0.29) is 12.5 Å². The summed E-state index contributed by atoms with van der Waals surface area (Å²) in [5.74, 6) is -0.795. The van der Waals surface area contributed by atoms with Crippen LogP contribution in [0.5, 0.6) is 0 Å². The average Bonchev–Trinajstić information content (AvgIpc) is 3.05. The molecule has 6 nitrogen and oxygen atoms in total. The molecule has 1 fully saturated rings. The van der Waals surface area contributed by atoms with Gasteiger partial charge >= 0.3 is 5.97 Å². The molecule has 0 amide bonds. The Morgan fingerprint density at radius 1 is 1.37 bits per heavy atom. The number of aliphatic hydroxyl groups is 1. The zero-order chi connectivity index (χ0) is 18.8. The molecule has 6 heteroatoms. The summed E-state index contributed by atoms with van der Waals surface area (Å²) in [4.78, 5) is 17.9. The Bertz CT molecular complexity index is 1120. The number of para-hydroxylation sites is 1. The van der Waals surface area contributed by atoms with E-state index in [2.05, 4.69) is 4.98 Å². The van der Waals surface area contributed by atoms with Gasteiger partial charge in [-0.15, -0.1) is 0 Å². The molecule has 0 spiro atoms. The summed E-state index contributed by atoms with van der Waals surface area (Å²) >= 11 is 0. The van der Waals surface area contributed by atoms with Crippen LogP contribution in [0.15, 0.2) is 48.2 Å². The summed E-state index contributed by atoms with van der Waals surface area (Å²) in [6.07, 6.45) is 3.00. The first kappa shape index (κ1) is 16.5. The number of carbonyl (C=O) groups excluding carboxylic acids is 1. The molecule has 1 saturated heterocycles. The van der Waals surface area contributed by atoms with Gasteiger partial charge in [0.15, 0.2) is 6.29 Å². The second-order valence-electron chi connectivity index (χ2n) is 7.11. The summed E-state index contributed by atoms with van der Waals surface area (Å²) in [5, 5.41) is 13.1. The molecule has 2 aliphatic rings. The third kappa shape index (κ3) is 1.86. The number of rotatable bonds is 1. The predicted molar refractivity (Wildman–Crippen MR) is 100 cm³/mol. The van der Waals surface area contributed by atoms with Gasteiger partial charge in [-0.1, -0.05) is 24.3 Å². The fourth-order valence-corrected chi connectivity index (χ4v) is 4.90. The molecule has 27 heavy (non-hydrogen) atoms. The van der Waals surface area contributed by atoms with Crippen LogP contribution in [-0.4, -0.2) is 40.6 Å². The summed E-state index contributed by atoms with van der Waals surface area (Å²) < 4.78 is 12.8. The Labute approximate surface area is 156 Å². The van der Waals surface area contributed by atoms with Crippen molar-refractivity contribution < 1.29 is 19.4 Å². The summed E-state index contributed by atoms with van der Waals surface area (Å²) in [5.41, 5.74) is 2.22. The number of aromatic nitrogens is 2. The minimum Gasteiger partial charge on any atom is -0.467 e. The molecule has 2 aromatic heterocycles. The van der Waals surface area contributed by atoms with E-state index in [1.54, 1.807) is 0 Å². The molecule has 3 aromatic rings. The second-order valence-corrected chi connectivity index (χ2v) is 7.11. The standard InChI is InChI=1S/C21H20N2O4/c1-3-12-11-27-20(25)21(19(24)26-2)15(12)10-16-18-14(8-9-22-16)13-6-4-5-7-17(13)23(18)21/h3-9,15,20,25H,10-11H2,1-2H3/t15-,20+,21+/m0/s1. The van der Waals surface area contributed by atoms with Gasteiger partial charge < -0.3 is 19.1 Å². The molecule has 0 unspecified atom stereocenters. The lowest BCUT2D eigenvalue weighted by atomic mass is 9.71. The van der Waals surface area contributed by atoms with Crippen molar-refractivity contribution in [2.45, 2.75) is 25.2 Å². The van der Waals surface area contributed by atoms with Crippen molar-refractivity contribution >= 4 is 27.8 Å². The molecule has 2 aliphatic heterocycles. The van der Waals surface area contributed by atoms with Crippen molar-refractivity contribution in [3.8, 4) is 0 Å². The number of pyridine rings is 1. The Kier molecular flexibility index (Phi) is 3.44. The highest BCUT2D eigenvalue weighted by Gasteiger charge is 2.61. The van der Waals surface area contributed by atoms with Crippen LogP contribution in [0.25, 0.3) is 21.8 Å². The number of hydrogen-bond donors (Lipinski definition) is 1. The number of aliphatic hydroxyl groups excluding tert-OH is 1. The lowest BCUT2D eigenvalue weighted by Crippen LogP contribution is -2.63. The topological polar surface area (TPSA) is 73.6 Å². The molecule has 4 heterocycles. The van der Waals surface area contributed by atoms with E-state index in [4.69, 9.17) is 9.47 Å². The number of esters is 1. The van der Waals surface area contributed by atoms with Crippen molar-refractivity contribution in [3.63, 3.8) is 0 Å². The van der Waals surface area contributed by atoms with Crippen LogP contribution in [0.1, 0.15) is 12.6 Å². The highest BCUT2D eigenvalue weighted by molar-refractivity contribution is 6.10. The van der Waals surface area contributed by atoms with Gasteiger partial charge in [0.1, 0.15) is 0 Å². The molecular formula is C21H20N2O4. The van der Waals surface area contributed by atoms with Crippen molar-refractivity contribution in [1.82, 2.24) is 9.55 Å². The van der Waals surface area contributed by atoms with E-state index in [0.29, 0.717) is 6.42 Å². The highest BCUT2D eigenvalue weighted by atomic mass is 16.6. The monoisotopic (exact) mass is 364 g/mol. The minimum absolute atomic E-state index is 0.283. The molecule has 0 aliphatic carbocycles. The van der Waals surface area contributed by atoms with Crippen molar-refractivity contribution in [1.29, 1.82) is 0 Å². The van der Waals surface area contributed by atoms with Crippen LogP contribution in [0.2, 0.25) is 0 Å². The summed E-state index contributed by atoms with van der Waals surface area (Å²) in [6.45, 7) is 2.21. The number of benzene rings is 1. The normalized spacial score (nSPS) is 28.5. The number of nitrogens with zero attached hydrogens (tertiary/aromatic N) is 2. The van der Waals surface area contributed by atoms with E-state index in [0.717, 1.165) is 33.1 Å². The van der Waals surface area contributed by atoms with Crippen molar-refractivity contribution in [3.05, 3.63) is 53.9 Å². The van der Waals surface area contributed by atoms with Gasteiger partial charge in [-0.3, -0.25) is 4.98 Å². The highest BCUT2D eigenvalue weighted by Crippen LogP contribution is 2.50. The predicted octanol–water partition coefficient (Wildman–Crippen LogP) is 2.53. The Balaban J connectivity index is 2.00. The maximum Gasteiger partial charge on any atom is 0.338 e. The van der Waals surface area contributed by atoms with Gasteiger partial charge in [0.05, 0.1) is 30.4 Å². The Morgan fingerprint density at radius 3 is 2.96 bits per heavy atom. The first-order chi connectivity index (χ1) is 13.1. The Morgan fingerprint density at radius 2 is 2.19 bits per heavy atom. The SMILES string of the molecule is CC=C1CO[C@@H](O)[C@]2(C(=O)OC)[C@H]1Cc1nccc3c4ccccc4n2c13. The average molecular weight is 364 g/mol. The van der Waals surface area contributed by atoms with Crippen molar-refractivity contribution in [2.75, 3.05) is 13.7 Å². The number of hydrogen-bond acceptors (Lipinski definition) is 5. The Hall–Kier alpha value is -2.70.